The molecule has 0 radical (unpaired) electrons. The second-order valence-corrected chi connectivity index (χ2v) is 5.57. The van der Waals surface area contributed by atoms with E-state index in [-0.39, 0.29) is 17.7 Å². The van der Waals surface area contributed by atoms with E-state index in [1.807, 2.05) is 0 Å². The van der Waals surface area contributed by atoms with Gasteiger partial charge < -0.3 is 15.3 Å². The van der Waals surface area contributed by atoms with Gasteiger partial charge in [0.2, 0.25) is 0 Å². The monoisotopic (exact) mass is 312 g/mol. The molecule has 2 rings (SSSR count). The molecule has 0 spiro atoms. The lowest BCUT2D eigenvalue weighted by Crippen LogP contribution is -2.43. The Morgan fingerprint density at radius 3 is 2.72 bits per heavy atom. The van der Waals surface area contributed by atoms with Crippen LogP contribution in [-0.2, 0) is 0 Å². The number of carbonyl (C=O) groups excluding carboxylic acids is 1. The molecular formula is C13H17BrN2O2. The van der Waals surface area contributed by atoms with Crippen molar-refractivity contribution in [3.8, 4) is 5.75 Å². The number of benzene rings is 1. The highest BCUT2D eigenvalue weighted by atomic mass is 79.9. The van der Waals surface area contributed by atoms with Crippen molar-refractivity contribution >= 4 is 21.8 Å². The Bertz CT molecular complexity index is 443. The Hall–Kier alpha value is -1.07. The Morgan fingerprint density at radius 1 is 1.44 bits per heavy atom. The van der Waals surface area contributed by atoms with Gasteiger partial charge in [0.05, 0.1) is 4.47 Å². The molecule has 1 aliphatic heterocycles. The first kappa shape index (κ1) is 13.4. The molecule has 0 aromatic heterocycles. The van der Waals surface area contributed by atoms with Crippen LogP contribution < -0.4 is 5.32 Å². The first-order valence-electron chi connectivity index (χ1n) is 6.04. The number of rotatable bonds is 2. The zero-order chi connectivity index (χ0) is 13.1. The van der Waals surface area contributed by atoms with E-state index >= 15 is 0 Å². The third kappa shape index (κ3) is 3.23. The van der Waals surface area contributed by atoms with E-state index < -0.39 is 0 Å². The van der Waals surface area contributed by atoms with E-state index in [1.54, 1.807) is 12.1 Å². The molecule has 5 heteroatoms. The molecule has 2 N–H and O–H groups in total. The van der Waals surface area contributed by atoms with E-state index in [0.717, 1.165) is 25.9 Å². The van der Waals surface area contributed by atoms with Crippen LogP contribution in [0.5, 0.6) is 5.75 Å². The summed E-state index contributed by atoms with van der Waals surface area (Å²) >= 11 is 3.20. The molecule has 1 saturated heterocycles. The summed E-state index contributed by atoms with van der Waals surface area (Å²) in [5.41, 5.74) is 0.495. The van der Waals surface area contributed by atoms with Gasteiger partial charge in [-0.05, 0) is 67.1 Å². The van der Waals surface area contributed by atoms with Gasteiger partial charge in [0.15, 0.2) is 0 Å². The smallest absolute Gasteiger partial charge is 0.251 e. The molecule has 0 unspecified atom stereocenters. The fraction of sp³-hybridized carbons (Fsp3) is 0.462. The summed E-state index contributed by atoms with van der Waals surface area (Å²) in [7, 11) is 2.09. The summed E-state index contributed by atoms with van der Waals surface area (Å²) in [5, 5.41) is 12.6. The van der Waals surface area contributed by atoms with E-state index in [1.165, 1.54) is 6.07 Å². The van der Waals surface area contributed by atoms with Gasteiger partial charge in [0, 0.05) is 11.6 Å². The topological polar surface area (TPSA) is 52.6 Å². The predicted molar refractivity (Wildman–Crippen MR) is 73.8 cm³/mol. The van der Waals surface area contributed by atoms with Crippen molar-refractivity contribution in [2.75, 3.05) is 20.1 Å². The van der Waals surface area contributed by atoms with Gasteiger partial charge in [-0.2, -0.15) is 0 Å². The van der Waals surface area contributed by atoms with E-state index in [0.29, 0.717) is 10.0 Å². The predicted octanol–water partition coefficient (Wildman–Crippen LogP) is 1.98. The number of likely N-dealkylation sites (tertiary alicyclic amines) is 1. The minimum Gasteiger partial charge on any atom is -0.507 e. The molecule has 1 aromatic carbocycles. The molecular weight excluding hydrogens is 296 g/mol. The summed E-state index contributed by atoms with van der Waals surface area (Å²) in [5.74, 6) is -0.0293. The normalized spacial score (nSPS) is 17.7. The maximum Gasteiger partial charge on any atom is 0.251 e. The van der Waals surface area contributed by atoms with Crippen molar-refractivity contribution in [2.24, 2.45) is 0 Å². The molecule has 0 atom stereocenters. The summed E-state index contributed by atoms with van der Waals surface area (Å²) in [4.78, 5) is 14.3. The zero-order valence-electron chi connectivity index (χ0n) is 10.3. The van der Waals surface area contributed by atoms with Crippen molar-refractivity contribution in [1.82, 2.24) is 10.2 Å². The molecule has 1 amide bonds. The fourth-order valence-electron chi connectivity index (χ4n) is 2.08. The summed E-state index contributed by atoms with van der Waals surface area (Å²) in [6.45, 7) is 2.02. The minimum atomic E-state index is -0.118. The maximum atomic E-state index is 12.0. The van der Waals surface area contributed by atoms with Crippen LogP contribution in [0.15, 0.2) is 22.7 Å². The molecule has 0 aliphatic carbocycles. The Kier molecular flexibility index (Phi) is 4.24. The van der Waals surface area contributed by atoms with Crippen LogP contribution in [0, 0.1) is 0 Å². The lowest BCUT2D eigenvalue weighted by atomic mass is 10.0. The first-order valence-corrected chi connectivity index (χ1v) is 6.83. The van der Waals surface area contributed by atoms with E-state index in [4.69, 9.17) is 0 Å². The van der Waals surface area contributed by atoms with Crippen LogP contribution in [0.25, 0.3) is 0 Å². The second-order valence-electron chi connectivity index (χ2n) is 4.72. The number of aromatic hydroxyl groups is 1. The molecule has 98 valence electrons. The number of carbonyl (C=O) groups is 1. The number of nitrogens with zero attached hydrogens (tertiary/aromatic N) is 1. The van der Waals surface area contributed by atoms with Gasteiger partial charge >= 0.3 is 0 Å². The number of phenols is 1. The molecule has 18 heavy (non-hydrogen) atoms. The molecule has 0 bridgehead atoms. The average Bonchev–Trinajstić information content (AvgIpc) is 2.35. The lowest BCUT2D eigenvalue weighted by Gasteiger charge is -2.29. The standard InChI is InChI=1S/C13H17BrN2O2/c1-16-6-4-10(5-7-16)15-13(18)9-2-3-11(14)12(17)8-9/h2-3,8,10,17H,4-7H2,1H3,(H,15,18). The van der Waals surface area contributed by atoms with Gasteiger partial charge in [-0.25, -0.2) is 0 Å². The van der Waals surface area contributed by atoms with Crippen molar-refractivity contribution < 1.29 is 9.90 Å². The Morgan fingerprint density at radius 2 is 2.11 bits per heavy atom. The largest absolute Gasteiger partial charge is 0.507 e. The summed E-state index contributed by atoms with van der Waals surface area (Å²) in [6.07, 6.45) is 1.95. The van der Waals surface area contributed by atoms with Crippen molar-refractivity contribution in [2.45, 2.75) is 18.9 Å². The molecule has 1 fully saturated rings. The van der Waals surface area contributed by atoms with Crippen molar-refractivity contribution in [3.05, 3.63) is 28.2 Å². The number of nitrogens with one attached hydrogen (secondary N) is 1. The lowest BCUT2D eigenvalue weighted by molar-refractivity contribution is 0.0916. The van der Waals surface area contributed by atoms with Gasteiger partial charge in [-0.3, -0.25) is 4.79 Å². The molecule has 1 aliphatic rings. The highest BCUT2D eigenvalue weighted by molar-refractivity contribution is 9.10. The van der Waals surface area contributed by atoms with Crippen LogP contribution >= 0.6 is 15.9 Å². The number of amides is 1. The third-order valence-corrected chi connectivity index (χ3v) is 3.93. The highest BCUT2D eigenvalue weighted by Gasteiger charge is 2.19. The quantitative estimate of drug-likeness (QED) is 0.878. The number of halogens is 1. The third-order valence-electron chi connectivity index (χ3n) is 3.26. The van der Waals surface area contributed by atoms with Crippen LogP contribution in [0.2, 0.25) is 0 Å². The number of hydrogen-bond donors (Lipinski definition) is 2. The fourth-order valence-corrected chi connectivity index (χ4v) is 2.32. The number of hydrogen-bond acceptors (Lipinski definition) is 3. The average molecular weight is 313 g/mol. The maximum absolute atomic E-state index is 12.0. The second kappa shape index (κ2) is 5.71. The minimum absolute atomic E-state index is 0.0889. The number of phenolic OH excluding ortho intramolecular Hbond substituents is 1. The Balaban J connectivity index is 1.97. The Labute approximate surface area is 115 Å². The van der Waals surface area contributed by atoms with E-state index in [2.05, 4.69) is 33.2 Å². The van der Waals surface area contributed by atoms with Crippen LogP contribution in [-0.4, -0.2) is 42.1 Å². The summed E-state index contributed by atoms with van der Waals surface area (Å²) < 4.78 is 0.596. The van der Waals surface area contributed by atoms with Gasteiger partial charge in [0.1, 0.15) is 5.75 Å². The highest BCUT2D eigenvalue weighted by Crippen LogP contribution is 2.24. The van der Waals surface area contributed by atoms with Crippen molar-refractivity contribution in [1.29, 1.82) is 0 Å². The SMILES string of the molecule is CN1CCC(NC(=O)c2ccc(Br)c(O)c2)CC1. The zero-order valence-corrected chi connectivity index (χ0v) is 11.9. The van der Waals surface area contributed by atoms with Crippen LogP contribution in [0.1, 0.15) is 23.2 Å². The van der Waals surface area contributed by atoms with Crippen LogP contribution in [0.4, 0.5) is 0 Å². The molecule has 1 heterocycles. The van der Waals surface area contributed by atoms with Crippen LogP contribution in [0.3, 0.4) is 0 Å². The molecule has 0 saturated carbocycles. The number of piperidine rings is 1. The van der Waals surface area contributed by atoms with Gasteiger partial charge in [-0.15, -0.1) is 0 Å². The van der Waals surface area contributed by atoms with Gasteiger partial charge in [0.25, 0.3) is 5.91 Å². The van der Waals surface area contributed by atoms with Gasteiger partial charge in [-0.1, -0.05) is 0 Å². The van der Waals surface area contributed by atoms with E-state index in [9.17, 15) is 9.90 Å². The molecule has 4 nitrogen and oxygen atoms in total. The molecule has 1 aromatic rings. The van der Waals surface area contributed by atoms with Crippen molar-refractivity contribution in [3.63, 3.8) is 0 Å². The first-order chi connectivity index (χ1) is 8.56. The summed E-state index contributed by atoms with van der Waals surface area (Å²) in [6, 6.07) is 5.10.